The van der Waals surface area contributed by atoms with Crippen molar-refractivity contribution < 1.29 is 14.3 Å². The van der Waals surface area contributed by atoms with Crippen LogP contribution in [-0.2, 0) is 9.53 Å². The summed E-state index contributed by atoms with van der Waals surface area (Å²) in [5.74, 6) is 0.218. The second-order valence-corrected chi connectivity index (χ2v) is 9.75. The minimum Gasteiger partial charge on any atom is -0.497 e. The van der Waals surface area contributed by atoms with Gasteiger partial charge in [0.2, 0.25) is 10.0 Å². The second-order valence-electron chi connectivity index (χ2n) is 7.64. The Balaban J connectivity index is 1.65. The Kier molecular flexibility index (Phi) is 6.36. The molecule has 0 aromatic heterocycles. The van der Waals surface area contributed by atoms with Gasteiger partial charge >= 0.3 is 5.97 Å². The molecule has 1 spiro atoms. The summed E-state index contributed by atoms with van der Waals surface area (Å²) in [5, 5.41) is 13.6. The summed E-state index contributed by atoms with van der Waals surface area (Å²) < 4.78 is 11.3. The number of anilines is 2. The number of hydrogen-bond donors (Lipinski definition) is 0. The average Bonchev–Trinajstić information content (AvgIpc) is 3.29. The van der Waals surface area contributed by atoms with Crippen LogP contribution >= 0.6 is 27.7 Å². The summed E-state index contributed by atoms with van der Waals surface area (Å²) in [4.78, 5) is 11.6. The van der Waals surface area contributed by atoms with Crippen molar-refractivity contribution in [1.82, 2.24) is 0 Å². The number of ether oxygens (including phenoxy) is 2. The first kappa shape index (κ1) is 23.2. The first-order chi connectivity index (χ1) is 17.0. The van der Waals surface area contributed by atoms with Crippen LogP contribution in [0.1, 0.15) is 5.56 Å². The van der Waals surface area contributed by atoms with Crippen LogP contribution in [0, 0.1) is 0 Å². The molecular weight excluding hydrogens is 528 g/mol. The fraction of sp³-hybridized carbons (Fsp3) is 0.115. The van der Waals surface area contributed by atoms with E-state index in [-0.39, 0.29) is 5.04 Å². The van der Waals surface area contributed by atoms with Gasteiger partial charge in [-0.05, 0) is 72.4 Å². The molecule has 0 saturated carbocycles. The highest BCUT2D eigenvalue weighted by atomic mass is 79.9. The third-order valence-electron chi connectivity index (χ3n) is 5.53. The molecule has 7 nitrogen and oxygen atoms in total. The maximum Gasteiger partial charge on any atom is 0.365 e. The molecule has 0 bridgehead atoms. The Morgan fingerprint density at radius 2 is 1.54 bits per heavy atom. The van der Waals surface area contributed by atoms with Crippen LogP contribution in [-0.4, -0.2) is 35.9 Å². The van der Waals surface area contributed by atoms with Gasteiger partial charge in [-0.15, -0.1) is 0 Å². The van der Waals surface area contributed by atoms with Crippen LogP contribution in [0.3, 0.4) is 0 Å². The van der Waals surface area contributed by atoms with Crippen LogP contribution in [0.4, 0.5) is 11.4 Å². The fourth-order valence-corrected chi connectivity index (χ4v) is 5.24. The van der Waals surface area contributed by atoms with Crippen LogP contribution in [0.5, 0.6) is 5.75 Å². The van der Waals surface area contributed by atoms with E-state index in [0.717, 1.165) is 32.9 Å². The van der Waals surface area contributed by atoms with Crippen molar-refractivity contribution in [3.8, 4) is 5.75 Å². The Bertz CT molecular complexity index is 1330. The summed E-state index contributed by atoms with van der Waals surface area (Å²) in [6.07, 6.45) is 3.97. The molecule has 3 aromatic carbocycles. The van der Waals surface area contributed by atoms with E-state index in [4.69, 9.17) is 14.6 Å². The number of allylic oxidation sites excluding steroid dienone is 1. The molecule has 5 rings (SSSR count). The molecule has 0 unspecified atom stereocenters. The number of esters is 1. The minimum atomic E-state index is -0.974. The molecule has 0 saturated heterocycles. The third-order valence-corrected chi connectivity index (χ3v) is 7.28. The van der Waals surface area contributed by atoms with E-state index in [0.29, 0.717) is 0 Å². The summed E-state index contributed by atoms with van der Waals surface area (Å²) in [6, 6.07) is 25.3. The molecule has 0 aliphatic carbocycles. The SMILES string of the molecule is COC(=O)C1=NN(c2ccc(OC)cc2)[C@]2(C=CC(c3ccc(Br)cc3)=NN2c2ccccc2)S1. The lowest BCUT2D eigenvalue weighted by Crippen LogP contribution is -2.53. The first-order valence-electron chi connectivity index (χ1n) is 10.7. The molecule has 9 heteroatoms. The van der Waals surface area contributed by atoms with Crippen LogP contribution in [0.15, 0.2) is 106 Å². The summed E-state index contributed by atoms with van der Waals surface area (Å²) in [6.45, 7) is 0. The Morgan fingerprint density at radius 3 is 2.20 bits per heavy atom. The summed E-state index contributed by atoms with van der Waals surface area (Å²) in [7, 11) is 2.97. The van der Waals surface area contributed by atoms with Crippen molar-refractivity contribution in [2.24, 2.45) is 10.2 Å². The maximum absolute atomic E-state index is 12.6. The van der Waals surface area contributed by atoms with Gasteiger partial charge in [0.15, 0.2) is 0 Å². The molecule has 0 fully saturated rings. The normalized spacial score (nSPS) is 18.9. The number of carbonyl (C=O) groups is 1. The molecule has 2 aliphatic heterocycles. The van der Waals surface area contributed by atoms with Crippen molar-refractivity contribution in [2.45, 2.75) is 4.99 Å². The zero-order chi connectivity index (χ0) is 24.4. The number of rotatable bonds is 5. The van der Waals surface area contributed by atoms with Crippen LogP contribution in [0.2, 0.25) is 0 Å². The quantitative estimate of drug-likeness (QED) is 0.385. The van der Waals surface area contributed by atoms with Crippen molar-refractivity contribution in [3.63, 3.8) is 0 Å². The van der Waals surface area contributed by atoms with Gasteiger partial charge in [-0.25, -0.2) is 14.8 Å². The molecule has 2 heterocycles. The molecule has 35 heavy (non-hydrogen) atoms. The number of nitrogens with zero attached hydrogens (tertiary/aromatic N) is 4. The van der Waals surface area contributed by atoms with E-state index in [2.05, 4.69) is 21.0 Å². The van der Waals surface area contributed by atoms with E-state index in [1.165, 1.54) is 18.9 Å². The zero-order valence-corrected chi connectivity index (χ0v) is 21.4. The second kappa shape index (κ2) is 9.59. The molecule has 176 valence electrons. The van der Waals surface area contributed by atoms with Gasteiger partial charge in [-0.2, -0.15) is 10.2 Å². The molecule has 0 radical (unpaired) electrons. The maximum atomic E-state index is 12.6. The highest BCUT2D eigenvalue weighted by Gasteiger charge is 2.51. The predicted octanol–water partition coefficient (Wildman–Crippen LogP) is 5.63. The van der Waals surface area contributed by atoms with E-state index >= 15 is 0 Å². The van der Waals surface area contributed by atoms with Crippen LogP contribution in [0.25, 0.3) is 0 Å². The molecular formula is C26H21BrN4O3S. The van der Waals surface area contributed by atoms with E-state index in [1.54, 1.807) is 12.1 Å². The topological polar surface area (TPSA) is 66.7 Å². The van der Waals surface area contributed by atoms with Crippen LogP contribution < -0.4 is 14.8 Å². The smallest absolute Gasteiger partial charge is 0.365 e. The fourth-order valence-electron chi connectivity index (χ4n) is 3.80. The number of halogens is 1. The van der Waals surface area contributed by atoms with E-state index in [9.17, 15) is 4.79 Å². The first-order valence-corrected chi connectivity index (χ1v) is 12.3. The Hall–Kier alpha value is -3.56. The number of para-hydroxylation sites is 1. The van der Waals surface area contributed by atoms with Crippen molar-refractivity contribution >= 4 is 55.8 Å². The minimum absolute atomic E-state index is 0.233. The van der Waals surface area contributed by atoms with E-state index in [1.807, 2.05) is 96.0 Å². The van der Waals surface area contributed by atoms with Crippen molar-refractivity contribution in [1.29, 1.82) is 0 Å². The molecule has 2 aliphatic rings. The molecule has 3 aromatic rings. The lowest BCUT2D eigenvalue weighted by atomic mass is 10.1. The number of hydrogen-bond acceptors (Lipinski definition) is 8. The Morgan fingerprint density at radius 1 is 0.886 bits per heavy atom. The highest BCUT2D eigenvalue weighted by molar-refractivity contribution is 9.10. The van der Waals surface area contributed by atoms with Crippen molar-refractivity contribution in [2.75, 3.05) is 24.2 Å². The van der Waals surface area contributed by atoms with Gasteiger partial charge in [0.1, 0.15) is 5.75 Å². The predicted molar refractivity (Wildman–Crippen MR) is 144 cm³/mol. The van der Waals surface area contributed by atoms with Crippen molar-refractivity contribution in [3.05, 3.63) is 101 Å². The number of hydrazone groups is 2. The lowest BCUT2D eigenvalue weighted by molar-refractivity contribution is -0.132. The van der Waals surface area contributed by atoms with Gasteiger partial charge in [-0.3, -0.25) is 0 Å². The van der Waals surface area contributed by atoms with Gasteiger partial charge in [0.25, 0.3) is 0 Å². The van der Waals surface area contributed by atoms with Gasteiger partial charge in [-0.1, -0.05) is 46.3 Å². The number of methoxy groups -OCH3 is 2. The Labute approximate surface area is 215 Å². The van der Waals surface area contributed by atoms with Gasteiger partial charge in [0, 0.05) is 10.0 Å². The van der Waals surface area contributed by atoms with E-state index < -0.39 is 11.0 Å². The number of benzene rings is 3. The highest BCUT2D eigenvalue weighted by Crippen LogP contribution is 2.48. The zero-order valence-electron chi connectivity index (χ0n) is 19.0. The summed E-state index contributed by atoms with van der Waals surface area (Å²) in [5.41, 5.74) is 3.37. The largest absolute Gasteiger partial charge is 0.497 e. The standard InChI is InChI=1S/C26H21BrN4O3S/c1-33-22-14-12-21(13-15-22)31-26(35-24(29-31)25(32)34-2)17-16-23(18-8-10-19(27)11-9-18)28-30(26)20-6-4-3-5-7-20/h3-17H,1-2H3/t26-/m1/s1. The third kappa shape index (κ3) is 4.33. The molecule has 0 amide bonds. The molecule has 0 N–H and O–H groups in total. The number of thioether (sulfide) groups is 1. The summed E-state index contributed by atoms with van der Waals surface area (Å²) >= 11 is 4.77. The monoisotopic (exact) mass is 548 g/mol. The molecule has 1 atom stereocenters. The number of carbonyl (C=O) groups excluding carboxylic acids is 1. The lowest BCUT2D eigenvalue weighted by Gasteiger charge is -2.43. The average molecular weight is 549 g/mol. The van der Waals surface area contributed by atoms with Gasteiger partial charge in [0.05, 0.1) is 31.3 Å². The van der Waals surface area contributed by atoms with Gasteiger partial charge < -0.3 is 9.47 Å².